The predicted molar refractivity (Wildman–Crippen MR) is 84.4 cm³/mol. The van der Waals surface area contributed by atoms with E-state index in [2.05, 4.69) is 4.90 Å². The van der Waals surface area contributed by atoms with E-state index in [9.17, 15) is 8.42 Å². The van der Waals surface area contributed by atoms with Gasteiger partial charge >= 0.3 is 0 Å². The molecule has 0 aromatic heterocycles. The molecule has 0 spiro atoms. The Bertz CT molecular complexity index is 705. The Balaban J connectivity index is 2.06. The Morgan fingerprint density at radius 1 is 0.762 bits per heavy atom. The molecule has 1 heterocycles. The molecule has 3 nitrogen and oxygen atoms in total. The molecular formula is C17H19NO2S. The molecule has 1 aliphatic heterocycles. The first-order valence-corrected chi connectivity index (χ1v) is 8.82. The van der Waals surface area contributed by atoms with Gasteiger partial charge in [0.15, 0.2) is 0 Å². The number of hydrogen-bond donors (Lipinski definition) is 0. The Morgan fingerprint density at radius 3 is 2.10 bits per heavy atom. The fraction of sp³-hybridized carbons (Fsp3) is 0.294. The summed E-state index contributed by atoms with van der Waals surface area (Å²) in [5.74, 6) is 0. The van der Waals surface area contributed by atoms with Crippen LogP contribution in [-0.2, 0) is 9.84 Å². The quantitative estimate of drug-likeness (QED) is 0.870. The van der Waals surface area contributed by atoms with Gasteiger partial charge in [-0.3, -0.25) is 0 Å². The van der Waals surface area contributed by atoms with E-state index in [0.717, 1.165) is 31.6 Å². The van der Waals surface area contributed by atoms with Gasteiger partial charge in [0, 0.05) is 13.1 Å². The summed E-state index contributed by atoms with van der Waals surface area (Å²) < 4.78 is 25.7. The fourth-order valence-corrected chi connectivity index (χ4v) is 4.31. The van der Waals surface area contributed by atoms with E-state index in [1.165, 1.54) is 6.42 Å². The average molecular weight is 301 g/mol. The standard InChI is InChI=1S/C17H19NO2S/c19-21(20,15-9-3-1-4-10-15)17-12-6-5-11-16(17)18-13-7-2-8-14-18/h1,3-6,9-12H,2,7-8,13-14H2. The highest BCUT2D eigenvalue weighted by molar-refractivity contribution is 7.91. The van der Waals surface area contributed by atoms with Gasteiger partial charge in [-0.1, -0.05) is 30.3 Å². The first kappa shape index (κ1) is 14.1. The second kappa shape index (κ2) is 5.90. The number of anilines is 1. The first-order chi connectivity index (χ1) is 10.2. The van der Waals surface area contributed by atoms with E-state index < -0.39 is 9.84 Å². The van der Waals surface area contributed by atoms with Crippen LogP contribution in [0.25, 0.3) is 0 Å². The molecule has 2 aromatic carbocycles. The third kappa shape index (κ3) is 2.81. The predicted octanol–water partition coefficient (Wildman–Crippen LogP) is 3.51. The summed E-state index contributed by atoms with van der Waals surface area (Å²) in [5.41, 5.74) is 0.834. The van der Waals surface area contributed by atoms with Crippen molar-refractivity contribution in [2.75, 3.05) is 18.0 Å². The number of nitrogens with zero attached hydrogens (tertiary/aromatic N) is 1. The van der Waals surface area contributed by atoms with E-state index in [4.69, 9.17) is 0 Å². The number of piperidine rings is 1. The van der Waals surface area contributed by atoms with E-state index >= 15 is 0 Å². The molecule has 0 amide bonds. The van der Waals surface area contributed by atoms with Crippen LogP contribution < -0.4 is 4.90 Å². The minimum atomic E-state index is -3.46. The van der Waals surface area contributed by atoms with Crippen molar-refractivity contribution >= 4 is 15.5 Å². The lowest BCUT2D eigenvalue weighted by Gasteiger charge is -2.30. The highest BCUT2D eigenvalue weighted by Crippen LogP contribution is 2.31. The lowest BCUT2D eigenvalue weighted by Crippen LogP contribution is -2.30. The van der Waals surface area contributed by atoms with Crippen LogP contribution in [0.3, 0.4) is 0 Å². The third-order valence-corrected chi connectivity index (χ3v) is 5.72. The van der Waals surface area contributed by atoms with Crippen LogP contribution >= 0.6 is 0 Å². The number of para-hydroxylation sites is 1. The smallest absolute Gasteiger partial charge is 0.208 e. The Kier molecular flexibility index (Phi) is 3.97. The summed E-state index contributed by atoms with van der Waals surface area (Å²) in [5, 5.41) is 0. The maximum atomic E-state index is 12.9. The average Bonchev–Trinajstić information content (AvgIpc) is 2.56. The van der Waals surface area contributed by atoms with Crippen molar-refractivity contribution in [3.8, 4) is 0 Å². The molecular weight excluding hydrogens is 282 g/mol. The molecule has 0 saturated carbocycles. The van der Waals surface area contributed by atoms with Crippen LogP contribution in [0.5, 0.6) is 0 Å². The van der Waals surface area contributed by atoms with Gasteiger partial charge in [0.05, 0.1) is 15.5 Å². The summed E-state index contributed by atoms with van der Waals surface area (Å²) in [4.78, 5) is 2.96. The summed E-state index contributed by atoms with van der Waals surface area (Å²) >= 11 is 0. The van der Waals surface area contributed by atoms with Crippen molar-refractivity contribution in [1.82, 2.24) is 0 Å². The van der Waals surface area contributed by atoms with Gasteiger partial charge in [0.2, 0.25) is 9.84 Å². The second-order valence-corrected chi connectivity index (χ2v) is 7.25. The molecule has 0 N–H and O–H groups in total. The van der Waals surface area contributed by atoms with Gasteiger partial charge < -0.3 is 4.90 Å². The second-order valence-electron chi connectivity index (χ2n) is 5.33. The number of hydrogen-bond acceptors (Lipinski definition) is 3. The molecule has 1 fully saturated rings. The molecule has 0 atom stereocenters. The van der Waals surface area contributed by atoms with Crippen LogP contribution in [0, 0.1) is 0 Å². The maximum Gasteiger partial charge on any atom is 0.208 e. The SMILES string of the molecule is O=S(=O)(c1ccccc1)c1ccccc1N1CCCCC1. The lowest BCUT2D eigenvalue weighted by atomic mass is 10.1. The Labute approximate surface area is 126 Å². The van der Waals surface area contributed by atoms with Crippen LogP contribution in [0.4, 0.5) is 5.69 Å². The summed E-state index contributed by atoms with van der Waals surface area (Å²) in [6.45, 7) is 1.86. The molecule has 0 aliphatic carbocycles. The molecule has 0 bridgehead atoms. The van der Waals surface area contributed by atoms with Gasteiger partial charge in [-0.15, -0.1) is 0 Å². The zero-order valence-corrected chi connectivity index (χ0v) is 12.7. The first-order valence-electron chi connectivity index (χ1n) is 7.34. The largest absolute Gasteiger partial charge is 0.370 e. The summed E-state index contributed by atoms with van der Waals surface area (Å²) in [7, 11) is -3.46. The molecule has 0 radical (unpaired) electrons. The van der Waals surface area contributed by atoms with Crippen LogP contribution in [0.2, 0.25) is 0 Å². The molecule has 0 unspecified atom stereocenters. The van der Waals surface area contributed by atoms with Crippen molar-refractivity contribution in [2.24, 2.45) is 0 Å². The zero-order valence-electron chi connectivity index (χ0n) is 11.9. The van der Waals surface area contributed by atoms with Gasteiger partial charge in [0.25, 0.3) is 0 Å². The molecule has 1 saturated heterocycles. The van der Waals surface area contributed by atoms with Crippen molar-refractivity contribution in [1.29, 1.82) is 0 Å². The molecule has 2 aromatic rings. The van der Waals surface area contributed by atoms with Crippen molar-refractivity contribution in [3.05, 3.63) is 54.6 Å². The van der Waals surface area contributed by atoms with E-state index in [-0.39, 0.29) is 0 Å². The van der Waals surface area contributed by atoms with Crippen LogP contribution in [-0.4, -0.2) is 21.5 Å². The van der Waals surface area contributed by atoms with E-state index in [1.807, 2.05) is 18.2 Å². The zero-order chi connectivity index (χ0) is 14.7. The summed E-state index contributed by atoms with van der Waals surface area (Å²) in [6, 6.07) is 16.0. The lowest BCUT2D eigenvalue weighted by molar-refractivity contribution is 0.571. The van der Waals surface area contributed by atoms with Gasteiger partial charge in [0.1, 0.15) is 0 Å². The third-order valence-electron chi connectivity index (χ3n) is 3.91. The maximum absolute atomic E-state index is 12.9. The highest BCUT2D eigenvalue weighted by Gasteiger charge is 2.24. The number of benzene rings is 2. The molecule has 4 heteroatoms. The van der Waals surface area contributed by atoms with Crippen molar-refractivity contribution in [3.63, 3.8) is 0 Å². The number of rotatable bonds is 3. The van der Waals surface area contributed by atoms with Crippen molar-refractivity contribution < 1.29 is 8.42 Å². The Hall–Kier alpha value is -1.81. The topological polar surface area (TPSA) is 37.4 Å². The summed E-state index contributed by atoms with van der Waals surface area (Å²) in [6.07, 6.45) is 3.48. The fourth-order valence-electron chi connectivity index (χ4n) is 2.81. The van der Waals surface area contributed by atoms with Gasteiger partial charge in [-0.2, -0.15) is 0 Å². The van der Waals surface area contributed by atoms with E-state index in [0.29, 0.717) is 9.79 Å². The van der Waals surface area contributed by atoms with Crippen LogP contribution in [0.1, 0.15) is 19.3 Å². The molecule has 110 valence electrons. The monoisotopic (exact) mass is 301 g/mol. The van der Waals surface area contributed by atoms with Gasteiger partial charge in [-0.05, 0) is 43.5 Å². The van der Waals surface area contributed by atoms with Crippen LogP contribution in [0.15, 0.2) is 64.4 Å². The molecule has 21 heavy (non-hydrogen) atoms. The molecule has 3 rings (SSSR count). The minimum absolute atomic E-state index is 0.356. The number of sulfone groups is 1. The Morgan fingerprint density at radius 2 is 1.38 bits per heavy atom. The minimum Gasteiger partial charge on any atom is -0.370 e. The highest BCUT2D eigenvalue weighted by atomic mass is 32.2. The van der Waals surface area contributed by atoms with Gasteiger partial charge in [-0.25, -0.2) is 8.42 Å². The molecule has 1 aliphatic rings. The normalized spacial score (nSPS) is 15.9. The van der Waals surface area contributed by atoms with E-state index in [1.54, 1.807) is 36.4 Å². The van der Waals surface area contributed by atoms with Crippen molar-refractivity contribution in [2.45, 2.75) is 29.1 Å².